The summed E-state index contributed by atoms with van der Waals surface area (Å²) in [5, 5.41) is 35.8. The van der Waals surface area contributed by atoms with Crippen LogP contribution in [0.5, 0.6) is 0 Å². The maximum atomic E-state index is 14.5. The third-order valence-corrected chi connectivity index (χ3v) is 22.6. The van der Waals surface area contributed by atoms with Crippen LogP contribution in [-0.4, -0.2) is 265 Å². The number of nitrogens with zero attached hydrogens (tertiary/aromatic N) is 5. The summed E-state index contributed by atoms with van der Waals surface area (Å²) in [5.74, 6) is -8.13. The van der Waals surface area contributed by atoms with Gasteiger partial charge >= 0.3 is 0 Å². The van der Waals surface area contributed by atoms with E-state index in [1.165, 1.54) is 82.8 Å². The zero-order valence-electron chi connectivity index (χ0n) is 72.0. The van der Waals surface area contributed by atoms with E-state index in [2.05, 4.69) is 92.4 Å². The van der Waals surface area contributed by atoms with Crippen LogP contribution in [0.4, 0.5) is 0 Å². The zero-order chi connectivity index (χ0) is 86.1. The van der Waals surface area contributed by atoms with Gasteiger partial charge in [0.2, 0.25) is 100 Å². The van der Waals surface area contributed by atoms with E-state index in [4.69, 9.17) is 0 Å². The van der Waals surface area contributed by atoms with Gasteiger partial charge in [-0.3, -0.25) is 86.2 Å². The number of amides is 16. The summed E-state index contributed by atoms with van der Waals surface area (Å²) in [6, 6.07) is -5.16. The first-order valence-electron chi connectivity index (χ1n) is 41.7. The summed E-state index contributed by atoms with van der Waals surface area (Å²) < 4.78 is 2.43. The van der Waals surface area contributed by atoms with Crippen LogP contribution in [0, 0.1) is 17.8 Å². The Kier molecular flexibility index (Phi) is 33.2. The maximum Gasteiger partial charge on any atom is 0.248 e. The van der Waals surface area contributed by atoms with Crippen molar-refractivity contribution in [2.24, 2.45) is 17.8 Å². The fourth-order valence-electron chi connectivity index (χ4n) is 15.5. The van der Waals surface area contributed by atoms with Gasteiger partial charge in [0.15, 0.2) is 0 Å². The van der Waals surface area contributed by atoms with Gasteiger partial charge in [-0.05, 0) is 197 Å². The van der Waals surface area contributed by atoms with Crippen molar-refractivity contribution in [2.45, 2.75) is 329 Å². The largest absolute Gasteiger partial charge is 0.354 e. The molecule has 1 aliphatic carbocycles. The predicted molar refractivity (Wildman–Crippen MR) is 430 cm³/mol. The van der Waals surface area contributed by atoms with E-state index < -0.39 is 165 Å². The standard InChI is InChI=1S/C81H136N18O16/c1-20-80(19,71(112)85-53(43-49(2)3)48-96-39-28-38-95-37-27-32-62(95)96)92-64(105)55(45-51(6)7)86-60(102)46-84-68(109)75(9,10)89-66(107)57-30-23-26-42-99(57)74(115)79(17,18)94-72(113)81(34-35-81)88-61(103)47-83-59(101)33-36-82-63(104)54(44-50(4)5)87-69(110)76(11,12)93-70(111)77(13,14)90-67(108)58-31-22-25-41-98(58)73(114)78(15,16)91-65(106)56-29-21-24-40-97(56)52(8)100/h49-51,53-58H,20-48H2,1-19H3,(H12-,82,83,84,85,86,87,88,89,90,91,92,93,94,101,102,103,104,105,106,107,108,109,110,111,112,113)/p+1/t53-,54-,55-,56-,57-,58-,80-/m0/s1. The first kappa shape index (κ1) is 94.8. The summed E-state index contributed by atoms with van der Waals surface area (Å²) in [5.41, 5.74) is -10.7. The van der Waals surface area contributed by atoms with Crippen LogP contribution < -0.4 is 69.1 Å². The number of nitrogens with one attached hydrogen (secondary N) is 13. The Morgan fingerprint density at radius 1 is 0.452 bits per heavy atom. The lowest BCUT2D eigenvalue weighted by Crippen LogP contribution is -2.67. The van der Waals surface area contributed by atoms with E-state index >= 15 is 0 Å². The summed E-state index contributed by atoms with van der Waals surface area (Å²) in [6.07, 6.45) is 9.42. The Balaban J connectivity index is 0.933. The van der Waals surface area contributed by atoms with Crippen LogP contribution in [0.1, 0.15) is 254 Å². The highest BCUT2D eigenvalue weighted by molar-refractivity contribution is 6.03. The number of carbonyl (C=O) groups is 16. The fourth-order valence-corrected chi connectivity index (χ4v) is 15.5. The normalized spacial score (nSPS) is 19.9. The number of likely N-dealkylation sites (tertiary alicyclic amines) is 3. The molecule has 5 aliphatic heterocycles. The number of hydrogen-bond acceptors (Lipinski definition) is 17. The van der Waals surface area contributed by atoms with Gasteiger partial charge < -0.3 is 83.8 Å². The number of amidine groups is 1. The van der Waals surface area contributed by atoms with Gasteiger partial charge in [0, 0.05) is 45.9 Å². The lowest BCUT2D eigenvalue weighted by Gasteiger charge is -2.42. The Morgan fingerprint density at radius 2 is 0.922 bits per heavy atom. The Morgan fingerprint density at radius 3 is 1.43 bits per heavy atom. The number of carbonyl (C=O) groups excluding carboxylic acids is 16. The molecule has 3 saturated heterocycles. The molecule has 0 spiro atoms. The third-order valence-electron chi connectivity index (χ3n) is 22.6. The van der Waals surface area contributed by atoms with Gasteiger partial charge in [-0.2, -0.15) is 0 Å². The molecule has 0 radical (unpaired) electrons. The molecule has 1 saturated carbocycles. The second-order valence-corrected chi connectivity index (χ2v) is 36.6. The van der Waals surface area contributed by atoms with Gasteiger partial charge in [0.25, 0.3) is 0 Å². The second kappa shape index (κ2) is 40.2. The van der Waals surface area contributed by atoms with Crippen molar-refractivity contribution >= 4 is 100 Å². The second-order valence-electron chi connectivity index (χ2n) is 36.6. The Bertz CT molecular complexity index is 3640. The molecule has 5 heterocycles. The van der Waals surface area contributed by atoms with Crippen molar-refractivity contribution < 1.29 is 81.3 Å². The smallest absolute Gasteiger partial charge is 0.248 e. The molecule has 0 bridgehead atoms. The summed E-state index contributed by atoms with van der Waals surface area (Å²) in [4.78, 5) is 227. The Hall–Kier alpha value is -9.01. The fraction of sp³-hybridized carbons (Fsp3) is 0.790. The summed E-state index contributed by atoms with van der Waals surface area (Å²) >= 11 is 0. The van der Waals surface area contributed by atoms with E-state index in [1.54, 1.807) is 20.8 Å². The Labute approximate surface area is 679 Å². The molecule has 7 atom stereocenters. The van der Waals surface area contributed by atoms with Crippen LogP contribution in [-0.2, 0) is 76.7 Å². The molecule has 34 nitrogen and oxygen atoms in total. The molecule has 0 aromatic carbocycles. The monoisotopic (exact) mass is 1620 g/mol. The van der Waals surface area contributed by atoms with E-state index in [-0.39, 0.29) is 101 Å². The number of hydrogen-bond donors (Lipinski definition) is 13. The highest BCUT2D eigenvalue weighted by atomic mass is 16.2. The minimum Gasteiger partial charge on any atom is -0.354 e. The number of rotatable bonds is 38. The van der Waals surface area contributed by atoms with Crippen LogP contribution in [0.2, 0.25) is 0 Å². The van der Waals surface area contributed by atoms with E-state index in [9.17, 15) is 76.7 Å². The van der Waals surface area contributed by atoms with Crippen LogP contribution in [0.3, 0.4) is 0 Å². The topological polar surface area (TPSA) is 445 Å². The average Bonchev–Trinajstić information content (AvgIpc) is 1.64. The van der Waals surface area contributed by atoms with Gasteiger partial charge in [-0.1, -0.05) is 48.5 Å². The molecule has 646 valence electrons. The molecular formula is C81H137N18O16+. The quantitative estimate of drug-likeness (QED) is 0.0380. The lowest BCUT2D eigenvalue weighted by molar-refractivity contribution is -0.530. The average molecular weight is 1620 g/mol. The van der Waals surface area contributed by atoms with Crippen molar-refractivity contribution in [1.29, 1.82) is 0 Å². The SMILES string of the molecule is CC[C@](C)(NC(=O)[C@H](CC(C)C)NC(=O)CNC(=O)C(C)(C)NC(=O)[C@@H]1CCCCN1C(=O)C(C)(C)NC(=O)C1(NC(=O)CNC(=O)CCNC(=O)[C@H](CC(C)C)NC(=O)C(C)(C)NC(=O)C(C)(C)NC(=O)[C@@H]2CCCCN2C(=O)C(C)(C)NC(=O)[C@@H]2CCCCN2C(C)=O)CC1)C(=O)N[C@@H](CC(C)C)CN1CCC[N+]2=C1CCC2. The molecular weight excluding hydrogens is 1480 g/mol. The minimum atomic E-state index is -1.66. The molecule has 6 rings (SSSR count). The minimum absolute atomic E-state index is 0.0574. The highest BCUT2D eigenvalue weighted by Crippen LogP contribution is 2.37. The molecule has 13 N–H and O–H groups in total. The van der Waals surface area contributed by atoms with Crippen molar-refractivity contribution in [3.8, 4) is 0 Å². The van der Waals surface area contributed by atoms with Crippen LogP contribution >= 0.6 is 0 Å². The number of piperidine rings is 3. The van der Waals surface area contributed by atoms with E-state index in [0.29, 0.717) is 51.1 Å². The molecule has 6 aliphatic rings. The van der Waals surface area contributed by atoms with Crippen molar-refractivity contribution in [3.05, 3.63) is 0 Å². The van der Waals surface area contributed by atoms with Gasteiger partial charge in [-0.25, -0.2) is 0 Å². The van der Waals surface area contributed by atoms with Gasteiger partial charge in [0.05, 0.1) is 45.2 Å². The van der Waals surface area contributed by atoms with Crippen LogP contribution in [0.15, 0.2) is 0 Å². The summed E-state index contributed by atoms with van der Waals surface area (Å²) in [7, 11) is 0. The van der Waals surface area contributed by atoms with Gasteiger partial charge in [-0.15, -0.1) is 0 Å². The molecule has 4 fully saturated rings. The van der Waals surface area contributed by atoms with Crippen molar-refractivity contribution in [3.63, 3.8) is 0 Å². The van der Waals surface area contributed by atoms with E-state index in [1.807, 2.05) is 34.6 Å². The van der Waals surface area contributed by atoms with E-state index in [0.717, 1.165) is 58.2 Å². The zero-order valence-corrected chi connectivity index (χ0v) is 72.0. The lowest BCUT2D eigenvalue weighted by atomic mass is 9.93. The molecule has 16 amide bonds. The third kappa shape index (κ3) is 26.5. The first-order valence-corrected chi connectivity index (χ1v) is 41.7. The molecule has 0 aromatic rings. The van der Waals surface area contributed by atoms with Crippen molar-refractivity contribution in [1.82, 2.24) is 88.7 Å². The summed E-state index contributed by atoms with van der Waals surface area (Å²) in [6.45, 7) is 34.3. The van der Waals surface area contributed by atoms with Gasteiger partial charge in [0.1, 0.15) is 75.5 Å². The van der Waals surface area contributed by atoms with Crippen LogP contribution in [0.25, 0.3) is 0 Å². The molecule has 0 unspecified atom stereocenters. The molecule has 0 aromatic heterocycles. The maximum absolute atomic E-state index is 14.5. The molecule has 115 heavy (non-hydrogen) atoms. The first-order chi connectivity index (χ1) is 53.5. The predicted octanol–water partition coefficient (Wildman–Crippen LogP) is 0.799. The molecule has 34 heteroatoms. The highest BCUT2D eigenvalue weighted by Gasteiger charge is 2.54. The van der Waals surface area contributed by atoms with Crippen molar-refractivity contribution in [2.75, 3.05) is 65.4 Å².